The summed E-state index contributed by atoms with van der Waals surface area (Å²) in [5.41, 5.74) is -0.554. The van der Waals surface area contributed by atoms with Crippen LogP contribution in [0.15, 0.2) is 12.2 Å². The number of carbonyl (C=O) groups is 2. The molecule has 1 aliphatic heterocycles. The van der Waals surface area contributed by atoms with Gasteiger partial charge in [-0.1, -0.05) is 12.2 Å². The second-order valence-corrected chi connectivity index (χ2v) is 5.81. The van der Waals surface area contributed by atoms with Gasteiger partial charge in [0.2, 0.25) is 5.91 Å². The van der Waals surface area contributed by atoms with E-state index in [-0.39, 0.29) is 5.91 Å². The predicted molar refractivity (Wildman–Crippen MR) is 73.8 cm³/mol. The third-order valence-electron chi connectivity index (χ3n) is 2.99. The number of likely N-dealkylation sites (N-methyl/N-ethyl adjacent to an activating group) is 1. The van der Waals surface area contributed by atoms with Crippen LogP contribution in [0.1, 0.15) is 34.1 Å². The maximum atomic E-state index is 12.3. The third-order valence-corrected chi connectivity index (χ3v) is 2.99. The molecule has 2 amide bonds. The van der Waals surface area contributed by atoms with Crippen molar-refractivity contribution in [3.8, 4) is 0 Å². The fraction of sp³-hybridized carbons (Fsp3) is 0.714. The molecule has 0 bridgehead atoms. The minimum atomic E-state index is -0.554. The van der Waals surface area contributed by atoms with Crippen LogP contribution in [0.5, 0.6) is 0 Å². The second kappa shape index (κ2) is 6.08. The summed E-state index contributed by atoms with van der Waals surface area (Å²) in [6.45, 7) is 8.47. The number of carbonyl (C=O) groups excluding carboxylic acids is 2. The Bertz CT molecular complexity index is 371. The lowest BCUT2D eigenvalue weighted by Crippen LogP contribution is -2.49. The fourth-order valence-corrected chi connectivity index (χ4v) is 1.76. The molecule has 108 valence electrons. The number of amides is 2. The van der Waals surface area contributed by atoms with Crippen LogP contribution in [-0.2, 0) is 9.53 Å². The van der Waals surface area contributed by atoms with Gasteiger partial charge >= 0.3 is 6.09 Å². The molecule has 0 aromatic heterocycles. The van der Waals surface area contributed by atoms with Crippen molar-refractivity contribution in [2.45, 2.75) is 45.8 Å². The smallest absolute Gasteiger partial charge is 0.410 e. The number of hydrogen-bond donors (Lipinski definition) is 0. The summed E-state index contributed by atoms with van der Waals surface area (Å²) in [6, 6.07) is -0.513. The van der Waals surface area contributed by atoms with Gasteiger partial charge in [-0.05, 0) is 34.1 Å². The molecule has 0 fully saturated rings. The molecule has 19 heavy (non-hydrogen) atoms. The molecule has 0 aromatic carbocycles. The highest BCUT2D eigenvalue weighted by molar-refractivity contribution is 5.85. The molecule has 5 nitrogen and oxygen atoms in total. The molecule has 0 N–H and O–H groups in total. The number of ether oxygens (including phenoxy) is 1. The van der Waals surface area contributed by atoms with Gasteiger partial charge in [0.1, 0.15) is 11.6 Å². The van der Waals surface area contributed by atoms with Crippen molar-refractivity contribution in [1.29, 1.82) is 0 Å². The topological polar surface area (TPSA) is 49.9 Å². The van der Waals surface area contributed by atoms with E-state index in [1.165, 1.54) is 4.90 Å². The van der Waals surface area contributed by atoms with Gasteiger partial charge in [0.05, 0.1) is 0 Å². The Hall–Kier alpha value is -1.52. The zero-order valence-electron chi connectivity index (χ0n) is 12.5. The third kappa shape index (κ3) is 4.58. The van der Waals surface area contributed by atoms with Crippen LogP contribution in [0.2, 0.25) is 0 Å². The SMILES string of the molecule is CC(C(=O)N1CC=CCC1)N(C)C(=O)OC(C)(C)C. The lowest BCUT2D eigenvalue weighted by molar-refractivity contribution is -0.135. The van der Waals surface area contributed by atoms with Gasteiger partial charge < -0.3 is 9.64 Å². The van der Waals surface area contributed by atoms with Gasteiger partial charge in [-0.3, -0.25) is 9.69 Å². The molecule has 5 heteroatoms. The maximum absolute atomic E-state index is 12.3. The zero-order chi connectivity index (χ0) is 14.6. The summed E-state index contributed by atoms with van der Waals surface area (Å²) < 4.78 is 5.26. The van der Waals surface area contributed by atoms with Crippen LogP contribution in [0.3, 0.4) is 0 Å². The average Bonchev–Trinajstić information content (AvgIpc) is 2.35. The van der Waals surface area contributed by atoms with E-state index in [4.69, 9.17) is 4.74 Å². The monoisotopic (exact) mass is 268 g/mol. The molecule has 1 aliphatic rings. The standard InChI is InChI=1S/C14H24N2O3/c1-11(12(17)16-9-7-6-8-10-16)15(5)13(18)19-14(2,3)4/h6-7,11H,8-10H2,1-5H3. The summed E-state index contributed by atoms with van der Waals surface area (Å²) in [7, 11) is 1.59. The van der Waals surface area contributed by atoms with Crippen LogP contribution in [0, 0.1) is 0 Å². The van der Waals surface area contributed by atoms with Crippen molar-refractivity contribution in [3.63, 3.8) is 0 Å². The molecule has 0 spiro atoms. The highest BCUT2D eigenvalue weighted by Gasteiger charge is 2.29. The minimum Gasteiger partial charge on any atom is -0.444 e. The van der Waals surface area contributed by atoms with E-state index in [2.05, 4.69) is 6.08 Å². The van der Waals surface area contributed by atoms with E-state index >= 15 is 0 Å². The number of nitrogens with zero attached hydrogens (tertiary/aromatic N) is 2. The molecule has 0 saturated heterocycles. The van der Waals surface area contributed by atoms with Crippen molar-refractivity contribution in [2.24, 2.45) is 0 Å². The lowest BCUT2D eigenvalue weighted by atomic mass is 10.2. The summed E-state index contributed by atoms with van der Waals surface area (Å²) in [4.78, 5) is 27.3. The Morgan fingerprint density at radius 2 is 1.95 bits per heavy atom. The van der Waals surface area contributed by atoms with Gasteiger partial charge in [0, 0.05) is 20.1 Å². The van der Waals surface area contributed by atoms with Gasteiger partial charge in [-0.25, -0.2) is 4.79 Å². The first kappa shape index (κ1) is 15.5. The van der Waals surface area contributed by atoms with Gasteiger partial charge in [-0.15, -0.1) is 0 Å². The van der Waals surface area contributed by atoms with E-state index in [1.807, 2.05) is 6.08 Å². The summed E-state index contributed by atoms with van der Waals surface area (Å²) >= 11 is 0. The van der Waals surface area contributed by atoms with E-state index in [0.717, 1.165) is 6.42 Å². The summed E-state index contributed by atoms with van der Waals surface area (Å²) in [6.07, 6.45) is 4.43. The van der Waals surface area contributed by atoms with Crippen molar-refractivity contribution < 1.29 is 14.3 Å². The van der Waals surface area contributed by atoms with E-state index in [9.17, 15) is 9.59 Å². The number of rotatable bonds is 2. The Labute approximate surface area is 115 Å². The van der Waals surface area contributed by atoms with Gasteiger partial charge in [-0.2, -0.15) is 0 Å². The van der Waals surface area contributed by atoms with Crippen molar-refractivity contribution >= 4 is 12.0 Å². The molecule has 0 aliphatic carbocycles. The van der Waals surface area contributed by atoms with Crippen molar-refractivity contribution in [1.82, 2.24) is 9.80 Å². The van der Waals surface area contributed by atoms with Gasteiger partial charge in [0.25, 0.3) is 0 Å². The molecule has 1 atom stereocenters. The Kier molecular flexibility index (Phi) is 4.97. The Morgan fingerprint density at radius 3 is 2.42 bits per heavy atom. The van der Waals surface area contributed by atoms with Crippen LogP contribution in [0.25, 0.3) is 0 Å². The normalized spacial score (nSPS) is 17.0. The fourth-order valence-electron chi connectivity index (χ4n) is 1.76. The first-order chi connectivity index (χ1) is 8.72. The zero-order valence-corrected chi connectivity index (χ0v) is 12.5. The predicted octanol–water partition coefficient (Wildman–Crippen LogP) is 2.03. The average molecular weight is 268 g/mol. The van der Waals surface area contributed by atoms with Crippen LogP contribution in [-0.4, -0.2) is 53.6 Å². The van der Waals surface area contributed by atoms with E-state index < -0.39 is 17.7 Å². The molecular formula is C14H24N2O3. The quantitative estimate of drug-likeness (QED) is 0.720. The summed E-state index contributed by atoms with van der Waals surface area (Å²) in [5, 5.41) is 0. The molecule has 1 rings (SSSR count). The van der Waals surface area contributed by atoms with Gasteiger partial charge in [0.15, 0.2) is 0 Å². The molecule has 0 aromatic rings. The first-order valence-electron chi connectivity index (χ1n) is 6.62. The summed E-state index contributed by atoms with van der Waals surface area (Å²) in [5.74, 6) is -0.0438. The number of hydrogen-bond acceptors (Lipinski definition) is 3. The molecule has 0 radical (unpaired) electrons. The lowest BCUT2D eigenvalue weighted by Gasteiger charge is -2.32. The minimum absolute atomic E-state index is 0.0438. The van der Waals surface area contributed by atoms with Crippen molar-refractivity contribution in [2.75, 3.05) is 20.1 Å². The largest absolute Gasteiger partial charge is 0.444 e. The molecule has 0 saturated carbocycles. The van der Waals surface area contributed by atoms with Crippen LogP contribution in [0.4, 0.5) is 4.79 Å². The Morgan fingerprint density at radius 1 is 1.32 bits per heavy atom. The highest BCUT2D eigenvalue weighted by Crippen LogP contribution is 2.12. The van der Waals surface area contributed by atoms with Crippen LogP contribution < -0.4 is 0 Å². The Balaban J connectivity index is 2.60. The first-order valence-corrected chi connectivity index (χ1v) is 6.62. The van der Waals surface area contributed by atoms with E-state index in [1.54, 1.807) is 39.6 Å². The highest BCUT2D eigenvalue weighted by atomic mass is 16.6. The maximum Gasteiger partial charge on any atom is 0.410 e. The van der Waals surface area contributed by atoms with E-state index in [0.29, 0.717) is 13.1 Å². The second-order valence-electron chi connectivity index (χ2n) is 5.81. The van der Waals surface area contributed by atoms with Crippen LogP contribution >= 0.6 is 0 Å². The molecule has 1 heterocycles. The molecule has 1 unspecified atom stereocenters. The molecular weight excluding hydrogens is 244 g/mol. The van der Waals surface area contributed by atoms with Crippen molar-refractivity contribution in [3.05, 3.63) is 12.2 Å².